The largest absolute Gasteiger partial charge is 0.416 e. The number of nitrogens with zero attached hydrogens (tertiary/aromatic N) is 1. The molecule has 0 saturated heterocycles. The first kappa shape index (κ1) is 11.8. The zero-order valence-corrected chi connectivity index (χ0v) is 9.66. The number of alkyl halides is 3. The average Bonchev–Trinajstić information content (AvgIpc) is 2.73. The van der Waals surface area contributed by atoms with Crippen molar-refractivity contribution in [1.82, 2.24) is 4.57 Å². The maximum absolute atomic E-state index is 12.7. The Morgan fingerprint density at radius 2 is 2.00 bits per heavy atom. The molecule has 2 heterocycles. The molecule has 3 nitrogen and oxygen atoms in total. The Hall–Kier alpha value is -2.24. The van der Waals surface area contributed by atoms with E-state index >= 15 is 0 Å². The lowest BCUT2D eigenvalue weighted by Gasteiger charge is -2.11. The monoisotopic (exact) mass is 266 g/mol. The quantitative estimate of drug-likeness (QED) is 0.781. The summed E-state index contributed by atoms with van der Waals surface area (Å²) in [5.41, 5.74) is 0.584. The van der Waals surface area contributed by atoms with Gasteiger partial charge in [-0.1, -0.05) is 0 Å². The summed E-state index contributed by atoms with van der Waals surface area (Å²) in [5.74, 6) is -0.316. The summed E-state index contributed by atoms with van der Waals surface area (Å²) in [5, 5.41) is 2.62. The van der Waals surface area contributed by atoms with Crippen LogP contribution in [-0.4, -0.2) is 10.5 Å². The molecule has 19 heavy (non-hydrogen) atoms. The molecule has 98 valence electrons. The second kappa shape index (κ2) is 3.88. The number of benzene rings is 1. The molecule has 0 bridgehead atoms. The molecule has 1 aliphatic heterocycles. The third-order valence-electron chi connectivity index (χ3n) is 3.08. The predicted molar refractivity (Wildman–Crippen MR) is 62.9 cm³/mol. The van der Waals surface area contributed by atoms with Gasteiger partial charge in [0.1, 0.15) is 5.69 Å². The maximum atomic E-state index is 12.7. The molecule has 1 aromatic heterocycles. The standard InChI is InChI=1S/C13H9F3N2O/c14-13(15,16)9-3-4-10-8(6-9)7-18-5-1-2-11(18)12(19)17-10/h1-6H,7H2,(H,17,19). The van der Waals surface area contributed by atoms with Crippen molar-refractivity contribution in [3.8, 4) is 0 Å². The second-order valence-electron chi connectivity index (χ2n) is 4.35. The van der Waals surface area contributed by atoms with Gasteiger partial charge >= 0.3 is 6.18 Å². The fraction of sp³-hybridized carbons (Fsp3) is 0.154. The Balaban J connectivity index is 2.10. The van der Waals surface area contributed by atoms with Crippen LogP contribution in [0.1, 0.15) is 21.6 Å². The van der Waals surface area contributed by atoms with E-state index < -0.39 is 11.7 Å². The minimum absolute atomic E-state index is 0.236. The highest BCUT2D eigenvalue weighted by molar-refractivity contribution is 6.04. The number of carbonyl (C=O) groups excluding carboxylic acids is 1. The number of amides is 1. The molecule has 6 heteroatoms. The Morgan fingerprint density at radius 3 is 2.74 bits per heavy atom. The van der Waals surface area contributed by atoms with E-state index in [1.165, 1.54) is 6.07 Å². The van der Waals surface area contributed by atoms with Crippen LogP contribution in [0, 0.1) is 0 Å². The SMILES string of the molecule is O=C1Nc2ccc(C(F)(F)F)cc2Cn2cccc21. The van der Waals surface area contributed by atoms with Gasteiger partial charge in [0.15, 0.2) is 0 Å². The van der Waals surface area contributed by atoms with Gasteiger partial charge in [-0.3, -0.25) is 4.79 Å². The van der Waals surface area contributed by atoms with E-state index in [9.17, 15) is 18.0 Å². The van der Waals surface area contributed by atoms with E-state index in [2.05, 4.69) is 5.32 Å². The Morgan fingerprint density at radius 1 is 1.21 bits per heavy atom. The fourth-order valence-electron chi connectivity index (χ4n) is 2.15. The van der Waals surface area contributed by atoms with Crippen LogP contribution in [-0.2, 0) is 12.7 Å². The maximum Gasteiger partial charge on any atom is 0.416 e. The topological polar surface area (TPSA) is 34.0 Å². The minimum atomic E-state index is -4.38. The van der Waals surface area contributed by atoms with Gasteiger partial charge in [-0.15, -0.1) is 0 Å². The van der Waals surface area contributed by atoms with E-state index in [4.69, 9.17) is 0 Å². The van der Waals surface area contributed by atoms with Crippen LogP contribution < -0.4 is 5.32 Å². The van der Waals surface area contributed by atoms with Crippen molar-refractivity contribution in [2.45, 2.75) is 12.7 Å². The summed E-state index contributed by atoms with van der Waals surface area (Å²) >= 11 is 0. The first-order valence-corrected chi connectivity index (χ1v) is 5.62. The molecule has 0 aliphatic carbocycles. The van der Waals surface area contributed by atoms with Crippen molar-refractivity contribution in [1.29, 1.82) is 0 Å². The molecule has 1 amide bonds. The molecular formula is C13H9F3N2O. The van der Waals surface area contributed by atoms with E-state index in [-0.39, 0.29) is 12.5 Å². The minimum Gasteiger partial charge on any atom is -0.339 e. The van der Waals surface area contributed by atoms with Gasteiger partial charge in [0.2, 0.25) is 0 Å². The average molecular weight is 266 g/mol. The van der Waals surface area contributed by atoms with Crippen molar-refractivity contribution in [2.75, 3.05) is 5.32 Å². The van der Waals surface area contributed by atoms with Crippen LogP contribution in [0.4, 0.5) is 18.9 Å². The first-order valence-electron chi connectivity index (χ1n) is 5.62. The van der Waals surface area contributed by atoms with Crippen LogP contribution in [0.25, 0.3) is 0 Å². The van der Waals surface area contributed by atoms with Crippen LogP contribution in [0.15, 0.2) is 36.5 Å². The number of nitrogens with one attached hydrogen (secondary N) is 1. The summed E-state index contributed by atoms with van der Waals surface area (Å²) in [6.45, 7) is 0.236. The Kier molecular flexibility index (Phi) is 2.41. The number of carbonyl (C=O) groups is 1. The summed E-state index contributed by atoms with van der Waals surface area (Å²) in [7, 11) is 0. The molecule has 0 radical (unpaired) electrons. The van der Waals surface area contributed by atoms with Gasteiger partial charge < -0.3 is 9.88 Å². The smallest absolute Gasteiger partial charge is 0.339 e. The summed E-state index contributed by atoms with van der Waals surface area (Å²) < 4.78 is 39.7. The van der Waals surface area contributed by atoms with E-state index in [1.54, 1.807) is 22.9 Å². The zero-order chi connectivity index (χ0) is 13.6. The molecule has 0 fully saturated rings. The number of rotatable bonds is 0. The normalized spacial score (nSPS) is 14.4. The summed E-state index contributed by atoms with van der Waals surface area (Å²) in [4.78, 5) is 11.9. The van der Waals surface area contributed by atoms with Crippen LogP contribution in [0.5, 0.6) is 0 Å². The first-order chi connectivity index (χ1) is 8.95. The molecule has 1 aliphatic rings. The third-order valence-corrected chi connectivity index (χ3v) is 3.08. The number of anilines is 1. The lowest BCUT2D eigenvalue weighted by Crippen LogP contribution is -2.13. The molecule has 3 rings (SSSR count). The molecule has 1 aromatic carbocycles. The van der Waals surface area contributed by atoms with E-state index in [1.807, 2.05) is 0 Å². The Bertz CT molecular complexity index is 658. The van der Waals surface area contributed by atoms with Gasteiger partial charge in [-0.2, -0.15) is 13.2 Å². The van der Waals surface area contributed by atoms with Gasteiger partial charge in [-0.25, -0.2) is 0 Å². The fourth-order valence-corrected chi connectivity index (χ4v) is 2.15. The molecule has 0 spiro atoms. The van der Waals surface area contributed by atoms with Crippen molar-refractivity contribution >= 4 is 11.6 Å². The third kappa shape index (κ3) is 1.99. The molecule has 1 N–H and O–H groups in total. The van der Waals surface area contributed by atoms with Gasteiger partial charge in [0.25, 0.3) is 5.91 Å². The van der Waals surface area contributed by atoms with Crippen LogP contribution in [0.2, 0.25) is 0 Å². The summed E-state index contributed by atoms with van der Waals surface area (Å²) in [6.07, 6.45) is -2.71. The molecule has 0 saturated carbocycles. The second-order valence-corrected chi connectivity index (χ2v) is 4.35. The van der Waals surface area contributed by atoms with Crippen molar-refractivity contribution in [3.63, 3.8) is 0 Å². The number of aromatic nitrogens is 1. The van der Waals surface area contributed by atoms with Crippen LogP contribution in [0.3, 0.4) is 0 Å². The van der Waals surface area contributed by atoms with Crippen LogP contribution >= 0.6 is 0 Å². The highest BCUT2D eigenvalue weighted by Gasteiger charge is 2.31. The highest BCUT2D eigenvalue weighted by Crippen LogP contribution is 2.33. The predicted octanol–water partition coefficient (Wildman–Crippen LogP) is 3.12. The summed E-state index contributed by atoms with van der Waals surface area (Å²) in [6, 6.07) is 6.66. The van der Waals surface area contributed by atoms with Crippen molar-refractivity contribution in [3.05, 3.63) is 53.3 Å². The molecule has 0 atom stereocenters. The van der Waals surface area contributed by atoms with Gasteiger partial charge in [-0.05, 0) is 35.9 Å². The van der Waals surface area contributed by atoms with Crippen molar-refractivity contribution < 1.29 is 18.0 Å². The van der Waals surface area contributed by atoms with E-state index in [0.717, 1.165) is 12.1 Å². The molecule has 2 aromatic rings. The zero-order valence-electron chi connectivity index (χ0n) is 9.66. The van der Waals surface area contributed by atoms with Gasteiger partial charge in [0.05, 0.1) is 5.56 Å². The number of hydrogen-bond acceptors (Lipinski definition) is 1. The van der Waals surface area contributed by atoms with Gasteiger partial charge in [0, 0.05) is 18.4 Å². The van der Waals surface area contributed by atoms with Crippen molar-refractivity contribution in [2.24, 2.45) is 0 Å². The number of halogens is 3. The number of fused-ring (bicyclic) bond motifs is 2. The molecular weight excluding hydrogens is 257 g/mol. The lowest BCUT2D eigenvalue weighted by atomic mass is 10.1. The Labute approximate surface area is 106 Å². The van der Waals surface area contributed by atoms with E-state index in [0.29, 0.717) is 16.9 Å². The molecule has 0 unspecified atom stereocenters. The lowest BCUT2D eigenvalue weighted by molar-refractivity contribution is -0.137. The number of hydrogen-bond donors (Lipinski definition) is 1. The highest BCUT2D eigenvalue weighted by atomic mass is 19.4.